The van der Waals surface area contributed by atoms with E-state index < -0.39 is 0 Å². The van der Waals surface area contributed by atoms with E-state index in [0.29, 0.717) is 12.0 Å². The summed E-state index contributed by atoms with van der Waals surface area (Å²) in [6, 6.07) is 8.27. The molecular formula is C12H14N4O. The van der Waals surface area contributed by atoms with Gasteiger partial charge in [0.15, 0.2) is 0 Å². The monoisotopic (exact) mass is 230 g/mol. The van der Waals surface area contributed by atoms with Gasteiger partial charge < -0.3 is 10.1 Å². The number of hydrogen-bond acceptors (Lipinski definition) is 4. The molecule has 0 amide bonds. The van der Waals surface area contributed by atoms with E-state index in [4.69, 9.17) is 4.74 Å². The minimum Gasteiger partial charge on any atom is -0.495 e. The highest BCUT2D eigenvalue weighted by molar-refractivity contribution is 5.61. The van der Waals surface area contributed by atoms with Gasteiger partial charge in [0.05, 0.1) is 18.8 Å². The lowest BCUT2D eigenvalue weighted by atomic mass is 10.3. The lowest BCUT2D eigenvalue weighted by Crippen LogP contribution is -1.98. The van der Waals surface area contributed by atoms with E-state index in [1.54, 1.807) is 13.4 Å². The second-order valence-electron chi connectivity index (χ2n) is 4.10. The summed E-state index contributed by atoms with van der Waals surface area (Å²) in [6.07, 6.45) is 4.18. The zero-order valence-electron chi connectivity index (χ0n) is 9.63. The van der Waals surface area contributed by atoms with Crippen LogP contribution < -0.4 is 10.1 Å². The van der Waals surface area contributed by atoms with Gasteiger partial charge in [0, 0.05) is 0 Å². The van der Waals surface area contributed by atoms with E-state index in [2.05, 4.69) is 15.4 Å². The van der Waals surface area contributed by atoms with Crippen molar-refractivity contribution in [2.24, 2.45) is 0 Å². The summed E-state index contributed by atoms with van der Waals surface area (Å²) in [5, 5.41) is 7.54. The highest BCUT2D eigenvalue weighted by Gasteiger charge is 2.24. The van der Waals surface area contributed by atoms with Crippen LogP contribution in [0.2, 0.25) is 0 Å². The van der Waals surface area contributed by atoms with Gasteiger partial charge in [0.1, 0.15) is 12.1 Å². The molecule has 2 aromatic rings. The molecule has 3 rings (SSSR count). The molecule has 1 aliphatic carbocycles. The topological polar surface area (TPSA) is 52.0 Å². The Balaban J connectivity index is 1.80. The average Bonchev–Trinajstić information content (AvgIpc) is 3.11. The first-order valence-corrected chi connectivity index (χ1v) is 5.68. The molecule has 17 heavy (non-hydrogen) atoms. The molecule has 0 bridgehead atoms. The molecule has 0 aliphatic heterocycles. The van der Waals surface area contributed by atoms with E-state index in [1.807, 2.05) is 28.9 Å². The Morgan fingerprint density at radius 2 is 2.18 bits per heavy atom. The van der Waals surface area contributed by atoms with Gasteiger partial charge in [0.25, 0.3) is 0 Å². The van der Waals surface area contributed by atoms with Gasteiger partial charge in [-0.25, -0.2) is 9.67 Å². The molecule has 0 unspecified atom stereocenters. The van der Waals surface area contributed by atoms with Crippen LogP contribution in [0.15, 0.2) is 30.6 Å². The summed E-state index contributed by atoms with van der Waals surface area (Å²) in [5.74, 6) is 1.40. The molecule has 1 aliphatic rings. The highest BCUT2D eigenvalue weighted by atomic mass is 16.5. The lowest BCUT2D eigenvalue weighted by molar-refractivity contribution is 0.417. The van der Waals surface area contributed by atoms with Crippen molar-refractivity contribution < 1.29 is 4.74 Å². The Morgan fingerprint density at radius 1 is 1.35 bits per heavy atom. The third kappa shape index (κ3) is 2.08. The normalized spacial score (nSPS) is 14.6. The summed E-state index contributed by atoms with van der Waals surface area (Å²) < 4.78 is 7.17. The second kappa shape index (κ2) is 4.08. The van der Waals surface area contributed by atoms with Crippen LogP contribution in [0.1, 0.15) is 18.9 Å². The minimum atomic E-state index is 0.552. The molecule has 1 aromatic heterocycles. The first-order chi connectivity index (χ1) is 8.36. The van der Waals surface area contributed by atoms with E-state index in [1.165, 1.54) is 12.8 Å². The quantitative estimate of drug-likeness (QED) is 0.876. The third-order valence-corrected chi connectivity index (χ3v) is 2.78. The van der Waals surface area contributed by atoms with Crippen LogP contribution >= 0.6 is 0 Å². The maximum absolute atomic E-state index is 5.26. The average molecular weight is 230 g/mol. The summed E-state index contributed by atoms with van der Waals surface area (Å²) in [5.41, 5.74) is 0.878. The van der Waals surface area contributed by atoms with E-state index in [9.17, 15) is 0 Å². The fraction of sp³-hybridized carbons (Fsp3) is 0.333. The Labute approximate surface area is 99.4 Å². The number of hydrogen-bond donors (Lipinski definition) is 1. The van der Waals surface area contributed by atoms with Gasteiger partial charge in [0.2, 0.25) is 5.95 Å². The largest absolute Gasteiger partial charge is 0.495 e. The van der Waals surface area contributed by atoms with Gasteiger partial charge in [-0.2, -0.15) is 0 Å². The van der Waals surface area contributed by atoms with Gasteiger partial charge in [-0.3, -0.25) is 0 Å². The molecule has 0 radical (unpaired) electrons. The standard InChI is InChI=1S/C12H14N4O/c1-17-11-5-3-2-4-10(11)14-12-13-8-16(15-12)9-6-7-9/h2-5,8-9H,6-7H2,1H3,(H,14,15). The van der Waals surface area contributed by atoms with Gasteiger partial charge in [-0.1, -0.05) is 12.1 Å². The number of ether oxygens (including phenoxy) is 1. The zero-order valence-corrected chi connectivity index (χ0v) is 9.63. The number of rotatable bonds is 4. The Hall–Kier alpha value is -2.04. The van der Waals surface area contributed by atoms with E-state index in [-0.39, 0.29) is 0 Å². The molecule has 0 saturated heterocycles. The molecule has 0 spiro atoms. The molecule has 5 nitrogen and oxygen atoms in total. The molecule has 0 atom stereocenters. The summed E-state index contributed by atoms with van der Waals surface area (Å²) in [6.45, 7) is 0. The summed E-state index contributed by atoms with van der Waals surface area (Å²) in [4.78, 5) is 4.23. The minimum absolute atomic E-state index is 0.552. The number of benzene rings is 1. The lowest BCUT2D eigenvalue weighted by Gasteiger charge is -2.07. The number of aromatic nitrogens is 3. The first kappa shape index (κ1) is 10.1. The van der Waals surface area contributed by atoms with Gasteiger partial charge in [-0.15, -0.1) is 5.10 Å². The first-order valence-electron chi connectivity index (χ1n) is 5.68. The molecule has 5 heteroatoms. The Bertz CT molecular complexity index is 519. The van der Waals surface area contributed by atoms with Crippen LogP contribution in [0.5, 0.6) is 5.75 Å². The van der Waals surface area contributed by atoms with Crippen molar-refractivity contribution in [3.05, 3.63) is 30.6 Å². The van der Waals surface area contributed by atoms with Crippen molar-refractivity contribution in [1.82, 2.24) is 14.8 Å². The maximum atomic E-state index is 5.26. The second-order valence-corrected chi connectivity index (χ2v) is 4.10. The summed E-state index contributed by atoms with van der Waals surface area (Å²) in [7, 11) is 1.65. The van der Waals surface area contributed by atoms with Crippen molar-refractivity contribution in [3.8, 4) is 5.75 Å². The van der Waals surface area contributed by atoms with Crippen LogP contribution in [0.25, 0.3) is 0 Å². The molecule has 88 valence electrons. The van der Waals surface area contributed by atoms with Crippen LogP contribution in [0.3, 0.4) is 0 Å². The van der Waals surface area contributed by atoms with Crippen molar-refractivity contribution >= 4 is 11.6 Å². The molecule has 1 N–H and O–H groups in total. The molecule has 1 aromatic carbocycles. The van der Waals surface area contributed by atoms with Crippen molar-refractivity contribution in [1.29, 1.82) is 0 Å². The Kier molecular flexibility index (Phi) is 2.44. The van der Waals surface area contributed by atoms with Crippen LogP contribution in [0, 0.1) is 0 Å². The zero-order chi connectivity index (χ0) is 11.7. The number of nitrogens with one attached hydrogen (secondary N) is 1. The summed E-state index contributed by atoms with van der Waals surface area (Å²) >= 11 is 0. The predicted octanol–water partition coefficient (Wildman–Crippen LogP) is 2.37. The van der Waals surface area contributed by atoms with E-state index >= 15 is 0 Å². The smallest absolute Gasteiger partial charge is 0.246 e. The molecule has 1 heterocycles. The highest BCUT2D eigenvalue weighted by Crippen LogP contribution is 2.34. The fourth-order valence-corrected chi connectivity index (χ4v) is 1.72. The maximum Gasteiger partial charge on any atom is 0.246 e. The van der Waals surface area contributed by atoms with Crippen LogP contribution in [-0.2, 0) is 0 Å². The van der Waals surface area contributed by atoms with Gasteiger partial charge in [-0.05, 0) is 25.0 Å². The van der Waals surface area contributed by atoms with Crippen LogP contribution in [-0.4, -0.2) is 21.9 Å². The fourth-order valence-electron chi connectivity index (χ4n) is 1.72. The number of anilines is 2. The van der Waals surface area contributed by atoms with Crippen molar-refractivity contribution in [3.63, 3.8) is 0 Å². The van der Waals surface area contributed by atoms with Gasteiger partial charge >= 0.3 is 0 Å². The molecule has 1 saturated carbocycles. The van der Waals surface area contributed by atoms with Crippen molar-refractivity contribution in [2.45, 2.75) is 18.9 Å². The molecular weight excluding hydrogens is 216 g/mol. The third-order valence-electron chi connectivity index (χ3n) is 2.78. The Morgan fingerprint density at radius 3 is 2.94 bits per heavy atom. The van der Waals surface area contributed by atoms with Crippen LogP contribution in [0.4, 0.5) is 11.6 Å². The SMILES string of the molecule is COc1ccccc1Nc1ncn(C2CC2)n1. The van der Waals surface area contributed by atoms with E-state index in [0.717, 1.165) is 11.4 Å². The predicted molar refractivity (Wildman–Crippen MR) is 64.6 cm³/mol. The number of para-hydroxylation sites is 2. The molecule has 1 fully saturated rings. The number of methoxy groups -OCH3 is 1. The number of nitrogens with zero attached hydrogens (tertiary/aromatic N) is 3. The van der Waals surface area contributed by atoms with Crippen molar-refractivity contribution in [2.75, 3.05) is 12.4 Å².